The molecule has 4 rings (SSSR count). The minimum Gasteiger partial charge on any atom is -0.348 e. The Morgan fingerprint density at radius 1 is 1.00 bits per heavy atom. The van der Waals surface area contributed by atoms with Gasteiger partial charge in [0.25, 0.3) is 15.9 Å². The van der Waals surface area contributed by atoms with Gasteiger partial charge in [0.1, 0.15) is 0 Å². The fraction of sp³-hybridized carbons (Fsp3) is 0.120. The van der Waals surface area contributed by atoms with Gasteiger partial charge in [0.2, 0.25) is 0 Å². The van der Waals surface area contributed by atoms with Gasteiger partial charge in [0, 0.05) is 35.9 Å². The minimum atomic E-state index is -3.85. The van der Waals surface area contributed by atoms with Crippen LogP contribution in [0.3, 0.4) is 0 Å². The molecule has 0 saturated carbocycles. The first-order valence-electron chi connectivity index (χ1n) is 10.4. The largest absolute Gasteiger partial charge is 0.348 e. The number of rotatable bonds is 7. The van der Waals surface area contributed by atoms with E-state index >= 15 is 0 Å². The Bertz CT molecular complexity index is 1380. The van der Waals surface area contributed by atoms with Gasteiger partial charge < -0.3 is 9.88 Å². The SMILES string of the molecule is Cc1cccc(NS(=O)(=O)c2cc(C(=O)NCc3ccc(-n4ccnc4)cc3)ccc2C)c1. The monoisotopic (exact) mass is 460 g/mol. The number of nitrogens with one attached hydrogen (secondary N) is 2. The molecule has 0 fully saturated rings. The molecule has 0 bridgehead atoms. The van der Waals surface area contributed by atoms with Crippen LogP contribution < -0.4 is 10.0 Å². The lowest BCUT2D eigenvalue weighted by atomic mass is 10.1. The predicted octanol–water partition coefficient (Wildman–Crippen LogP) is 4.22. The molecule has 0 unspecified atom stereocenters. The Hall–Kier alpha value is -3.91. The molecule has 2 N–H and O–H groups in total. The van der Waals surface area contributed by atoms with E-state index < -0.39 is 10.0 Å². The van der Waals surface area contributed by atoms with Gasteiger partial charge in [-0.1, -0.05) is 30.3 Å². The van der Waals surface area contributed by atoms with Crippen molar-refractivity contribution in [1.29, 1.82) is 0 Å². The van der Waals surface area contributed by atoms with Gasteiger partial charge in [-0.05, 0) is 66.9 Å². The van der Waals surface area contributed by atoms with E-state index in [2.05, 4.69) is 15.0 Å². The Morgan fingerprint density at radius 2 is 1.79 bits per heavy atom. The van der Waals surface area contributed by atoms with Gasteiger partial charge in [-0.25, -0.2) is 13.4 Å². The van der Waals surface area contributed by atoms with Crippen LogP contribution in [0.25, 0.3) is 5.69 Å². The van der Waals surface area contributed by atoms with Gasteiger partial charge in [0.05, 0.1) is 11.2 Å². The third-order valence-corrected chi connectivity index (χ3v) is 6.73. The van der Waals surface area contributed by atoms with Crippen LogP contribution in [-0.4, -0.2) is 23.9 Å². The number of aryl methyl sites for hydroxylation is 2. The highest BCUT2D eigenvalue weighted by Gasteiger charge is 2.19. The van der Waals surface area contributed by atoms with E-state index in [9.17, 15) is 13.2 Å². The fourth-order valence-corrected chi connectivity index (χ4v) is 4.75. The lowest BCUT2D eigenvalue weighted by Crippen LogP contribution is -2.23. The van der Waals surface area contributed by atoms with E-state index in [0.29, 0.717) is 17.8 Å². The maximum atomic E-state index is 13.0. The average molecular weight is 461 g/mol. The third-order valence-electron chi connectivity index (χ3n) is 5.20. The second kappa shape index (κ2) is 9.30. The first kappa shape index (κ1) is 22.3. The number of imidazole rings is 1. The number of carbonyl (C=O) groups is 1. The van der Waals surface area contributed by atoms with Crippen LogP contribution in [0, 0.1) is 13.8 Å². The van der Waals surface area contributed by atoms with E-state index in [-0.39, 0.29) is 16.4 Å². The van der Waals surface area contributed by atoms with Crippen LogP contribution in [0.5, 0.6) is 0 Å². The molecule has 3 aromatic carbocycles. The van der Waals surface area contributed by atoms with E-state index in [1.165, 1.54) is 6.07 Å². The number of aromatic nitrogens is 2. The molecule has 0 aliphatic carbocycles. The van der Waals surface area contributed by atoms with E-state index in [1.54, 1.807) is 49.8 Å². The predicted molar refractivity (Wildman–Crippen MR) is 128 cm³/mol. The van der Waals surface area contributed by atoms with Gasteiger partial charge in [0.15, 0.2) is 0 Å². The highest BCUT2D eigenvalue weighted by Crippen LogP contribution is 2.21. The van der Waals surface area contributed by atoms with Gasteiger partial charge in [-0.3, -0.25) is 9.52 Å². The molecule has 0 spiro atoms. The summed E-state index contributed by atoms with van der Waals surface area (Å²) in [5.74, 6) is -0.347. The standard InChI is InChI=1S/C25H24N4O3S/c1-18-4-3-5-22(14-18)28-33(31,32)24-15-21(9-6-19(24)2)25(30)27-16-20-7-10-23(11-8-20)29-13-12-26-17-29/h3-15,17,28H,16H2,1-2H3,(H,27,30). The van der Waals surface area contributed by atoms with Crippen molar-refractivity contribution in [2.24, 2.45) is 0 Å². The van der Waals surface area contributed by atoms with Crippen molar-refractivity contribution in [2.45, 2.75) is 25.3 Å². The molecule has 0 saturated heterocycles. The quantitative estimate of drug-likeness (QED) is 0.432. The zero-order valence-corrected chi connectivity index (χ0v) is 19.1. The topological polar surface area (TPSA) is 93.1 Å². The summed E-state index contributed by atoms with van der Waals surface area (Å²) in [6.45, 7) is 3.91. The average Bonchev–Trinajstić information content (AvgIpc) is 3.33. The number of benzene rings is 3. The summed E-state index contributed by atoms with van der Waals surface area (Å²) in [5.41, 5.74) is 4.15. The van der Waals surface area contributed by atoms with Crippen molar-refractivity contribution in [3.8, 4) is 5.69 Å². The van der Waals surface area contributed by atoms with Crippen molar-refractivity contribution < 1.29 is 13.2 Å². The van der Waals surface area contributed by atoms with E-state index in [0.717, 1.165) is 16.8 Å². The Kier molecular flexibility index (Phi) is 6.28. The highest BCUT2D eigenvalue weighted by atomic mass is 32.2. The third kappa shape index (κ3) is 5.30. The van der Waals surface area contributed by atoms with Crippen molar-refractivity contribution in [1.82, 2.24) is 14.9 Å². The Labute approximate surface area is 193 Å². The number of nitrogens with zero attached hydrogens (tertiary/aromatic N) is 2. The molecule has 0 radical (unpaired) electrons. The summed E-state index contributed by atoms with van der Waals surface area (Å²) in [5, 5.41) is 2.85. The number of sulfonamides is 1. The molecular formula is C25H24N4O3S. The summed E-state index contributed by atoms with van der Waals surface area (Å²) in [4.78, 5) is 16.8. The molecule has 7 nitrogen and oxygen atoms in total. The lowest BCUT2D eigenvalue weighted by molar-refractivity contribution is 0.0950. The van der Waals surface area contributed by atoms with Crippen LogP contribution in [0.15, 0.2) is 90.3 Å². The van der Waals surface area contributed by atoms with Crippen LogP contribution >= 0.6 is 0 Å². The number of hydrogen-bond donors (Lipinski definition) is 2. The lowest BCUT2D eigenvalue weighted by Gasteiger charge is -2.13. The Balaban J connectivity index is 1.47. The molecule has 1 amide bonds. The smallest absolute Gasteiger partial charge is 0.262 e. The van der Waals surface area contributed by atoms with E-state index in [4.69, 9.17) is 0 Å². The number of hydrogen-bond acceptors (Lipinski definition) is 4. The maximum Gasteiger partial charge on any atom is 0.262 e. The first-order valence-corrected chi connectivity index (χ1v) is 11.9. The first-order chi connectivity index (χ1) is 15.8. The molecule has 1 aromatic heterocycles. The van der Waals surface area contributed by atoms with Crippen LogP contribution in [0.2, 0.25) is 0 Å². The molecule has 33 heavy (non-hydrogen) atoms. The summed E-state index contributed by atoms with van der Waals surface area (Å²) in [7, 11) is -3.85. The normalized spacial score (nSPS) is 11.2. The second-order valence-corrected chi connectivity index (χ2v) is 9.43. The van der Waals surface area contributed by atoms with Crippen molar-refractivity contribution >= 4 is 21.6 Å². The molecule has 0 aliphatic heterocycles. The molecule has 1 heterocycles. The zero-order valence-electron chi connectivity index (χ0n) is 18.3. The fourth-order valence-electron chi connectivity index (χ4n) is 3.43. The van der Waals surface area contributed by atoms with Crippen molar-refractivity contribution in [3.63, 3.8) is 0 Å². The minimum absolute atomic E-state index is 0.0707. The summed E-state index contributed by atoms with van der Waals surface area (Å²) >= 11 is 0. The number of anilines is 1. The number of carbonyl (C=O) groups excluding carboxylic acids is 1. The molecule has 0 aliphatic rings. The number of amides is 1. The summed E-state index contributed by atoms with van der Waals surface area (Å²) in [6, 6.07) is 19.5. The zero-order chi connectivity index (χ0) is 23.4. The molecule has 0 atom stereocenters. The van der Waals surface area contributed by atoms with E-state index in [1.807, 2.05) is 48.0 Å². The van der Waals surface area contributed by atoms with Crippen molar-refractivity contribution in [3.05, 3.63) is 108 Å². The molecule has 168 valence electrons. The Morgan fingerprint density at radius 3 is 2.48 bits per heavy atom. The maximum absolute atomic E-state index is 13.0. The second-order valence-electron chi connectivity index (χ2n) is 7.77. The highest BCUT2D eigenvalue weighted by molar-refractivity contribution is 7.92. The molecule has 4 aromatic rings. The van der Waals surface area contributed by atoms with Gasteiger partial charge in [-0.15, -0.1) is 0 Å². The van der Waals surface area contributed by atoms with Gasteiger partial charge in [-0.2, -0.15) is 0 Å². The van der Waals surface area contributed by atoms with Crippen LogP contribution in [0.4, 0.5) is 5.69 Å². The van der Waals surface area contributed by atoms with Crippen LogP contribution in [-0.2, 0) is 16.6 Å². The van der Waals surface area contributed by atoms with Crippen LogP contribution in [0.1, 0.15) is 27.0 Å². The molecule has 8 heteroatoms. The van der Waals surface area contributed by atoms with Crippen molar-refractivity contribution in [2.75, 3.05) is 4.72 Å². The summed E-state index contributed by atoms with van der Waals surface area (Å²) < 4.78 is 30.4. The van der Waals surface area contributed by atoms with Gasteiger partial charge >= 0.3 is 0 Å². The molecular weight excluding hydrogens is 436 g/mol. The summed E-state index contributed by atoms with van der Waals surface area (Å²) in [6.07, 6.45) is 5.28.